The molecule has 0 spiro atoms. The zero-order valence-corrected chi connectivity index (χ0v) is 11.2. The van der Waals surface area contributed by atoms with Gasteiger partial charge >= 0.3 is 0 Å². The standard InChI is InChI=1S/C12H10BrN5/c1-7-12(18-6-8(13)11(14)17-18)16-10-5-3-2-4-9(10)15-7/h2-6H,1H3,(H2,14,17). The number of para-hydroxylation sites is 2. The molecule has 90 valence electrons. The Balaban J connectivity index is 2.25. The van der Waals surface area contributed by atoms with E-state index in [9.17, 15) is 0 Å². The second kappa shape index (κ2) is 4.06. The highest BCUT2D eigenvalue weighted by molar-refractivity contribution is 9.10. The summed E-state index contributed by atoms with van der Waals surface area (Å²) in [6, 6.07) is 7.74. The summed E-state index contributed by atoms with van der Waals surface area (Å²) < 4.78 is 2.38. The molecule has 2 N–H and O–H groups in total. The van der Waals surface area contributed by atoms with E-state index in [0.29, 0.717) is 11.6 Å². The van der Waals surface area contributed by atoms with Crippen molar-refractivity contribution in [2.75, 3.05) is 5.73 Å². The number of benzene rings is 1. The van der Waals surface area contributed by atoms with Crippen LogP contribution in [0.3, 0.4) is 0 Å². The Kier molecular flexibility index (Phi) is 2.52. The molecule has 0 aliphatic heterocycles. The van der Waals surface area contributed by atoms with Gasteiger partial charge in [-0.05, 0) is 35.0 Å². The normalized spacial score (nSPS) is 11.0. The molecule has 5 nitrogen and oxygen atoms in total. The Hall–Kier alpha value is -1.95. The summed E-state index contributed by atoms with van der Waals surface area (Å²) in [7, 11) is 0. The fraction of sp³-hybridized carbons (Fsp3) is 0.0833. The van der Waals surface area contributed by atoms with Crippen LogP contribution >= 0.6 is 15.9 Å². The summed E-state index contributed by atoms with van der Waals surface area (Å²) >= 11 is 3.33. The molecule has 0 amide bonds. The van der Waals surface area contributed by atoms with Gasteiger partial charge in [-0.15, -0.1) is 5.10 Å². The van der Waals surface area contributed by atoms with Crippen LogP contribution in [0.5, 0.6) is 0 Å². The van der Waals surface area contributed by atoms with Gasteiger partial charge in [-0.1, -0.05) is 12.1 Å². The number of hydrogen-bond acceptors (Lipinski definition) is 4. The summed E-state index contributed by atoms with van der Waals surface area (Å²) in [5.41, 5.74) is 8.23. The molecule has 0 unspecified atom stereocenters. The number of halogens is 1. The van der Waals surface area contributed by atoms with Crippen LogP contribution in [0.4, 0.5) is 5.82 Å². The zero-order chi connectivity index (χ0) is 12.7. The summed E-state index contributed by atoms with van der Waals surface area (Å²) in [4.78, 5) is 9.07. The van der Waals surface area contributed by atoms with Crippen molar-refractivity contribution in [2.24, 2.45) is 0 Å². The van der Waals surface area contributed by atoms with Crippen molar-refractivity contribution in [3.63, 3.8) is 0 Å². The Morgan fingerprint density at radius 1 is 1.17 bits per heavy atom. The lowest BCUT2D eigenvalue weighted by Crippen LogP contribution is -2.04. The fourth-order valence-electron chi connectivity index (χ4n) is 1.77. The number of nitrogen functional groups attached to an aromatic ring is 1. The summed E-state index contributed by atoms with van der Waals surface area (Å²) in [6.45, 7) is 1.90. The van der Waals surface area contributed by atoms with Crippen molar-refractivity contribution in [2.45, 2.75) is 6.92 Å². The van der Waals surface area contributed by atoms with E-state index >= 15 is 0 Å². The topological polar surface area (TPSA) is 69.6 Å². The molecule has 2 heterocycles. The first-order valence-electron chi connectivity index (χ1n) is 5.39. The number of aryl methyl sites for hydroxylation is 1. The molecule has 0 aliphatic carbocycles. The molecular formula is C12H10BrN5. The molecule has 0 atom stereocenters. The lowest BCUT2D eigenvalue weighted by molar-refractivity contribution is 0.838. The number of nitrogens with two attached hydrogens (primary N) is 1. The monoisotopic (exact) mass is 303 g/mol. The number of nitrogens with zero attached hydrogens (tertiary/aromatic N) is 4. The molecule has 0 aliphatic rings. The molecule has 2 aromatic heterocycles. The van der Waals surface area contributed by atoms with Crippen LogP contribution in [0.25, 0.3) is 16.9 Å². The highest BCUT2D eigenvalue weighted by Crippen LogP contribution is 2.21. The number of fused-ring (bicyclic) bond motifs is 1. The lowest BCUT2D eigenvalue weighted by Gasteiger charge is -2.05. The predicted octanol–water partition coefficient (Wildman–Crippen LogP) is 2.47. The molecule has 0 bridgehead atoms. The molecule has 0 fully saturated rings. The van der Waals surface area contributed by atoms with Crippen LogP contribution in [0.15, 0.2) is 34.9 Å². The van der Waals surface area contributed by atoms with Crippen LogP contribution in [-0.2, 0) is 0 Å². The molecular weight excluding hydrogens is 294 g/mol. The van der Waals surface area contributed by atoms with E-state index in [1.165, 1.54) is 0 Å². The third-order valence-electron chi connectivity index (χ3n) is 2.63. The molecule has 0 radical (unpaired) electrons. The summed E-state index contributed by atoms with van der Waals surface area (Å²) in [5, 5.41) is 4.19. The van der Waals surface area contributed by atoms with E-state index in [0.717, 1.165) is 21.2 Å². The van der Waals surface area contributed by atoms with Crippen molar-refractivity contribution in [3.05, 3.63) is 40.6 Å². The Morgan fingerprint density at radius 2 is 1.83 bits per heavy atom. The number of rotatable bonds is 1. The number of aromatic nitrogens is 4. The first-order valence-corrected chi connectivity index (χ1v) is 6.19. The Bertz CT molecular complexity index is 715. The molecule has 18 heavy (non-hydrogen) atoms. The molecule has 3 rings (SSSR count). The van der Waals surface area contributed by atoms with Gasteiger partial charge in [-0.2, -0.15) is 0 Å². The number of hydrogen-bond donors (Lipinski definition) is 1. The minimum atomic E-state index is 0.435. The first-order chi connectivity index (χ1) is 8.65. The minimum absolute atomic E-state index is 0.435. The van der Waals surface area contributed by atoms with Crippen molar-refractivity contribution in [1.82, 2.24) is 19.7 Å². The second-order valence-corrected chi connectivity index (χ2v) is 4.78. The van der Waals surface area contributed by atoms with E-state index in [2.05, 4.69) is 31.0 Å². The SMILES string of the molecule is Cc1nc2ccccc2nc1-n1cc(Br)c(N)n1. The first kappa shape index (κ1) is 11.2. The van der Waals surface area contributed by atoms with Crippen molar-refractivity contribution in [1.29, 1.82) is 0 Å². The van der Waals surface area contributed by atoms with Crippen molar-refractivity contribution >= 4 is 32.8 Å². The molecule has 0 saturated carbocycles. The average molecular weight is 304 g/mol. The van der Waals surface area contributed by atoms with Crippen LogP contribution in [0.2, 0.25) is 0 Å². The smallest absolute Gasteiger partial charge is 0.175 e. The van der Waals surface area contributed by atoms with Gasteiger partial charge in [-0.25, -0.2) is 14.6 Å². The highest BCUT2D eigenvalue weighted by atomic mass is 79.9. The number of anilines is 1. The second-order valence-electron chi connectivity index (χ2n) is 3.93. The fourth-order valence-corrected chi connectivity index (χ4v) is 2.04. The third-order valence-corrected chi connectivity index (χ3v) is 3.24. The van der Waals surface area contributed by atoms with Crippen LogP contribution in [0, 0.1) is 6.92 Å². The quantitative estimate of drug-likeness (QED) is 0.750. The van der Waals surface area contributed by atoms with Gasteiger partial charge in [0.05, 0.1) is 21.2 Å². The third kappa shape index (κ3) is 1.74. The van der Waals surface area contributed by atoms with Crippen molar-refractivity contribution in [3.8, 4) is 5.82 Å². The summed E-state index contributed by atoms with van der Waals surface area (Å²) in [6.07, 6.45) is 1.78. The van der Waals surface area contributed by atoms with E-state index in [1.807, 2.05) is 31.2 Å². The molecule has 6 heteroatoms. The van der Waals surface area contributed by atoms with Crippen LogP contribution in [-0.4, -0.2) is 19.7 Å². The highest BCUT2D eigenvalue weighted by Gasteiger charge is 2.10. The lowest BCUT2D eigenvalue weighted by atomic mass is 10.3. The molecule has 3 aromatic rings. The van der Waals surface area contributed by atoms with E-state index < -0.39 is 0 Å². The zero-order valence-electron chi connectivity index (χ0n) is 9.63. The maximum Gasteiger partial charge on any atom is 0.175 e. The molecule has 1 aromatic carbocycles. The van der Waals surface area contributed by atoms with E-state index in [4.69, 9.17) is 5.73 Å². The van der Waals surface area contributed by atoms with Gasteiger partial charge in [0.25, 0.3) is 0 Å². The largest absolute Gasteiger partial charge is 0.381 e. The van der Waals surface area contributed by atoms with Gasteiger partial charge in [0.2, 0.25) is 0 Å². The van der Waals surface area contributed by atoms with Gasteiger partial charge in [0.15, 0.2) is 11.6 Å². The van der Waals surface area contributed by atoms with E-state index in [-0.39, 0.29) is 0 Å². The predicted molar refractivity (Wildman–Crippen MR) is 73.5 cm³/mol. The van der Waals surface area contributed by atoms with Gasteiger partial charge in [0, 0.05) is 6.20 Å². The van der Waals surface area contributed by atoms with Crippen LogP contribution < -0.4 is 5.73 Å². The van der Waals surface area contributed by atoms with Crippen molar-refractivity contribution < 1.29 is 0 Å². The van der Waals surface area contributed by atoms with Gasteiger partial charge in [-0.3, -0.25) is 0 Å². The Morgan fingerprint density at radius 3 is 2.44 bits per heavy atom. The van der Waals surface area contributed by atoms with Gasteiger partial charge in [0.1, 0.15) is 0 Å². The maximum absolute atomic E-state index is 5.71. The maximum atomic E-state index is 5.71. The van der Waals surface area contributed by atoms with Crippen LogP contribution in [0.1, 0.15) is 5.69 Å². The summed E-state index contributed by atoms with van der Waals surface area (Å²) in [5.74, 6) is 1.12. The van der Waals surface area contributed by atoms with E-state index in [1.54, 1.807) is 10.9 Å². The minimum Gasteiger partial charge on any atom is -0.381 e. The Labute approximate surface area is 112 Å². The average Bonchev–Trinajstić information content (AvgIpc) is 2.68. The molecule has 0 saturated heterocycles. The van der Waals surface area contributed by atoms with Gasteiger partial charge < -0.3 is 5.73 Å².